The summed E-state index contributed by atoms with van der Waals surface area (Å²) in [6.07, 6.45) is 0. The van der Waals surface area contributed by atoms with Gasteiger partial charge in [-0.25, -0.2) is 4.79 Å². The molecule has 0 saturated heterocycles. The minimum absolute atomic E-state index is 0.0530. The third-order valence-electron chi connectivity index (χ3n) is 2.28. The maximum atomic E-state index is 10.9. The van der Waals surface area contributed by atoms with Crippen LogP contribution in [0.2, 0.25) is 5.15 Å². The number of thiazole rings is 1. The molecule has 0 spiro atoms. The van der Waals surface area contributed by atoms with Gasteiger partial charge >= 0.3 is 5.97 Å². The van der Waals surface area contributed by atoms with E-state index in [-0.39, 0.29) is 15.2 Å². The predicted molar refractivity (Wildman–Crippen MR) is 71.9 cm³/mol. The van der Waals surface area contributed by atoms with Gasteiger partial charge in [0.1, 0.15) is 0 Å². The minimum Gasteiger partial charge on any atom is -0.493 e. The number of rotatable bonds is 4. The van der Waals surface area contributed by atoms with Crippen LogP contribution < -0.4 is 9.47 Å². The summed E-state index contributed by atoms with van der Waals surface area (Å²) >= 11 is 6.58. The number of methoxy groups -OCH3 is 1. The van der Waals surface area contributed by atoms with E-state index < -0.39 is 5.97 Å². The Morgan fingerprint density at radius 2 is 2.16 bits per heavy atom. The molecule has 0 aliphatic carbocycles. The zero-order valence-electron chi connectivity index (χ0n) is 10.1. The van der Waals surface area contributed by atoms with Crippen molar-refractivity contribution in [2.24, 2.45) is 0 Å². The van der Waals surface area contributed by atoms with E-state index in [4.69, 9.17) is 26.2 Å². The quantitative estimate of drug-likeness (QED) is 0.934. The van der Waals surface area contributed by atoms with E-state index in [1.165, 1.54) is 7.11 Å². The fourth-order valence-corrected chi connectivity index (χ4v) is 2.40. The van der Waals surface area contributed by atoms with Gasteiger partial charge in [0.25, 0.3) is 5.19 Å². The smallest absolute Gasteiger partial charge is 0.349 e. The number of carbonyl (C=O) groups is 1. The average molecular weight is 300 g/mol. The van der Waals surface area contributed by atoms with Gasteiger partial charge in [0, 0.05) is 0 Å². The SMILES string of the molecule is COc1cc(C)ccc1Oc1nc(Cl)c(C(=O)O)s1. The van der Waals surface area contributed by atoms with Crippen LogP contribution in [0.4, 0.5) is 0 Å². The highest BCUT2D eigenvalue weighted by molar-refractivity contribution is 7.15. The van der Waals surface area contributed by atoms with E-state index in [2.05, 4.69) is 4.98 Å². The molecule has 0 aliphatic rings. The Labute approximate surface area is 118 Å². The van der Waals surface area contributed by atoms with Crippen LogP contribution in [-0.4, -0.2) is 23.2 Å². The van der Waals surface area contributed by atoms with Crippen LogP contribution in [0.15, 0.2) is 18.2 Å². The molecule has 0 radical (unpaired) electrons. The van der Waals surface area contributed by atoms with Crippen LogP contribution in [0.25, 0.3) is 0 Å². The lowest BCUT2D eigenvalue weighted by molar-refractivity contribution is 0.0702. The Balaban J connectivity index is 2.31. The summed E-state index contributed by atoms with van der Waals surface area (Å²) < 4.78 is 10.7. The topological polar surface area (TPSA) is 68.7 Å². The van der Waals surface area contributed by atoms with Crippen LogP contribution in [-0.2, 0) is 0 Å². The van der Waals surface area contributed by atoms with Crippen molar-refractivity contribution >= 4 is 28.9 Å². The number of benzene rings is 1. The second-order valence-corrected chi connectivity index (χ2v) is 4.98. The van der Waals surface area contributed by atoms with E-state index in [1.807, 2.05) is 19.1 Å². The first kappa shape index (κ1) is 13.6. The van der Waals surface area contributed by atoms with Gasteiger partial charge in [0.15, 0.2) is 21.5 Å². The van der Waals surface area contributed by atoms with Crippen LogP contribution >= 0.6 is 22.9 Å². The van der Waals surface area contributed by atoms with Crippen molar-refractivity contribution in [1.82, 2.24) is 4.98 Å². The molecule has 100 valence electrons. The highest BCUT2D eigenvalue weighted by Crippen LogP contribution is 2.36. The first-order valence-corrected chi connectivity index (χ1v) is 6.43. The number of nitrogens with zero attached hydrogens (tertiary/aromatic N) is 1. The van der Waals surface area contributed by atoms with E-state index in [1.54, 1.807) is 6.07 Å². The number of hydrogen-bond donors (Lipinski definition) is 1. The van der Waals surface area contributed by atoms with Gasteiger partial charge < -0.3 is 14.6 Å². The molecule has 0 fully saturated rings. The molecule has 19 heavy (non-hydrogen) atoms. The molecule has 0 bridgehead atoms. The Kier molecular flexibility index (Phi) is 3.92. The molecule has 1 heterocycles. The summed E-state index contributed by atoms with van der Waals surface area (Å²) in [5.74, 6) is -0.133. The van der Waals surface area contributed by atoms with Crippen LogP contribution in [0, 0.1) is 6.92 Å². The van der Waals surface area contributed by atoms with Crippen molar-refractivity contribution in [1.29, 1.82) is 0 Å². The normalized spacial score (nSPS) is 10.3. The molecule has 1 aromatic heterocycles. The fraction of sp³-hybridized carbons (Fsp3) is 0.167. The molecule has 2 rings (SSSR count). The monoisotopic (exact) mass is 299 g/mol. The highest BCUT2D eigenvalue weighted by Gasteiger charge is 2.18. The van der Waals surface area contributed by atoms with Gasteiger partial charge in [-0.2, -0.15) is 4.98 Å². The third kappa shape index (κ3) is 2.97. The van der Waals surface area contributed by atoms with Crippen molar-refractivity contribution in [3.05, 3.63) is 33.8 Å². The van der Waals surface area contributed by atoms with Gasteiger partial charge in [0.2, 0.25) is 0 Å². The molecule has 0 atom stereocenters. The van der Waals surface area contributed by atoms with E-state index >= 15 is 0 Å². The second-order valence-electron chi connectivity index (χ2n) is 3.66. The number of carboxylic acid groups (broad SMARTS) is 1. The molecule has 1 N–H and O–H groups in total. The summed E-state index contributed by atoms with van der Waals surface area (Å²) in [6.45, 7) is 1.93. The summed E-state index contributed by atoms with van der Waals surface area (Å²) in [4.78, 5) is 14.7. The molecule has 0 aliphatic heterocycles. The van der Waals surface area contributed by atoms with E-state index in [9.17, 15) is 4.79 Å². The van der Waals surface area contributed by atoms with Crippen LogP contribution in [0.1, 0.15) is 15.2 Å². The molecule has 0 unspecified atom stereocenters. The minimum atomic E-state index is -1.13. The Morgan fingerprint density at radius 3 is 2.74 bits per heavy atom. The molecule has 1 aromatic carbocycles. The van der Waals surface area contributed by atoms with Gasteiger partial charge in [-0.15, -0.1) is 0 Å². The highest BCUT2D eigenvalue weighted by atomic mass is 35.5. The standard InChI is InChI=1S/C12H10ClNO4S/c1-6-3-4-7(8(5-6)17-2)18-12-14-10(13)9(19-12)11(15)16/h3-5H,1-2H3,(H,15,16). The number of carboxylic acids is 1. The zero-order chi connectivity index (χ0) is 14.0. The molecular weight excluding hydrogens is 290 g/mol. The summed E-state index contributed by atoms with van der Waals surface area (Å²) in [6, 6.07) is 5.39. The van der Waals surface area contributed by atoms with Crippen molar-refractivity contribution < 1.29 is 19.4 Å². The number of halogens is 1. The van der Waals surface area contributed by atoms with Crippen LogP contribution in [0.5, 0.6) is 16.7 Å². The van der Waals surface area contributed by atoms with Crippen molar-refractivity contribution in [3.8, 4) is 16.7 Å². The number of hydrogen-bond acceptors (Lipinski definition) is 5. The van der Waals surface area contributed by atoms with Crippen molar-refractivity contribution in [3.63, 3.8) is 0 Å². The number of ether oxygens (including phenoxy) is 2. The summed E-state index contributed by atoms with van der Waals surface area (Å²) in [7, 11) is 1.53. The third-order valence-corrected chi connectivity index (χ3v) is 3.58. The fourth-order valence-electron chi connectivity index (χ4n) is 1.41. The predicted octanol–water partition coefficient (Wildman–Crippen LogP) is 3.60. The number of aryl methyl sites for hydroxylation is 1. The molecular formula is C12H10ClNO4S. The first-order valence-electron chi connectivity index (χ1n) is 5.23. The van der Waals surface area contributed by atoms with Crippen molar-refractivity contribution in [2.75, 3.05) is 7.11 Å². The number of aromatic carboxylic acids is 1. The molecule has 7 heteroatoms. The van der Waals surface area contributed by atoms with E-state index in [0.717, 1.165) is 16.9 Å². The summed E-state index contributed by atoms with van der Waals surface area (Å²) in [5.41, 5.74) is 1.02. The Bertz CT molecular complexity index is 626. The largest absolute Gasteiger partial charge is 0.493 e. The van der Waals surface area contributed by atoms with Gasteiger partial charge in [0.05, 0.1) is 7.11 Å². The molecule has 2 aromatic rings. The van der Waals surface area contributed by atoms with Gasteiger partial charge in [-0.05, 0) is 24.6 Å². The maximum absolute atomic E-state index is 10.9. The maximum Gasteiger partial charge on any atom is 0.349 e. The molecule has 0 saturated carbocycles. The lowest BCUT2D eigenvalue weighted by Crippen LogP contribution is -1.91. The Morgan fingerprint density at radius 1 is 1.42 bits per heavy atom. The Hall–Kier alpha value is -1.79. The lowest BCUT2D eigenvalue weighted by Gasteiger charge is -2.08. The van der Waals surface area contributed by atoms with Crippen LogP contribution in [0.3, 0.4) is 0 Å². The first-order chi connectivity index (χ1) is 9.01. The second kappa shape index (κ2) is 5.46. The average Bonchev–Trinajstić information content (AvgIpc) is 2.72. The molecule has 0 amide bonds. The molecule has 5 nitrogen and oxygen atoms in total. The van der Waals surface area contributed by atoms with Gasteiger partial charge in [-0.3, -0.25) is 0 Å². The lowest BCUT2D eigenvalue weighted by atomic mass is 10.2. The van der Waals surface area contributed by atoms with Gasteiger partial charge in [-0.1, -0.05) is 29.0 Å². The zero-order valence-corrected chi connectivity index (χ0v) is 11.7. The van der Waals surface area contributed by atoms with E-state index in [0.29, 0.717) is 11.5 Å². The van der Waals surface area contributed by atoms with Crippen molar-refractivity contribution in [2.45, 2.75) is 6.92 Å². The number of aromatic nitrogens is 1. The summed E-state index contributed by atoms with van der Waals surface area (Å²) in [5, 5.41) is 8.96.